The molecule has 3 aliphatic rings. The van der Waals surface area contributed by atoms with Crippen molar-refractivity contribution < 1.29 is 99.4 Å². The van der Waals surface area contributed by atoms with Gasteiger partial charge in [0, 0.05) is 72.5 Å². The average molecular weight is 1130 g/mol. The number of ether oxygens (including phenoxy) is 5. The summed E-state index contributed by atoms with van der Waals surface area (Å²) in [6, 6.07) is 7.75. The molecular formula is C47H60N3O21S4-3. The van der Waals surface area contributed by atoms with Gasteiger partial charge in [-0.15, -0.1) is 5.06 Å². The lowest BCUT2D eigenvalue weighted by Crippen LogP contribution is -2.32. The van der Waals surface area contributed by atoms with Crippen LogP contribution in [0.1, 0.15) is 69.9 Å². The van der Waals surface area contributed by atoms with Crippen LogP contribution in [0.4, 0.5) is 11.4 Å². The van der Waals surface area contributed by atoms with Crippen molar-refractivity contribution in [2.75, 3.05) is 96.1 Å². The fourth-order valence-electron chi connectivity index (χ4n) is 9.01. The summed E-state index contributed by atoms with van der Waals surface area (Å²) in [6.45, 7) is 5.25. The maximum absolute atomic E-state index is 12.3. The van der Waals surface area contributed by atoms with Crippen LogP contribution in [0.15, 0.2) is 82.3 Å². The van der Waals surface area contributed by atoms with Crippen LogP contribution in [0.2, 0.25) is 0 Å². The molecule has 0 radical (unpaired) electrons. The Morgan fingerprint density at radius 2 is 1.19 bits per heavy atom. The first-order valence-electron chi connectivity index (χ1n) is 23.6. The van der Waals surface area contributed by atoms with Crippen molar-refractivity contribution in [3.8, 4) is 0 Å². The largest absolute Gasteiger partial charge is 0.748 e. The van der Waals surface area contributed by atoms with E-state index in [0.717, 1.165) is 6.07 Å². The summed E-state index contributed by atoms with van der Waals surface area (Å²) >= 11 is 0. The van der Waals surface area contributed by atoms with Gasteiger partial charge in [-0.3, -0.25) is 9.59 Å². The standard InChI is InChI=1S/C47H63N3O21S4/c1-46(18-7-31-72(54,55)56)37-33-35(74(60,61)62)11-13-39(37)48(20-23-66-3)41(46)9-5-4-6-10-42-47(2,19-8-32-73(57,58)59)38-34-36(75(63,64)65)12-14-40(38)49(42)21-24-68-26-28-70-30-29-69-27-25-67-22-17-45(53)71-50-43(51)15-16-44(50)52/h4-6,9-14,33-34H,7-8,15-32H2,1-3H3,(H3-,54,55,56,57,58,59,60,61,62,63,64,65)/p-3. The number of fused-ring (bicyclic) bond motifs is 2. The summed E-state index contributed by atoms with van der Waals surface area (Å²) in [5.41, 5.74) is 0.633. The van der Waals surface area contributed by atoms with Crippen molar-refractivity contribution >= 4 is 75.3 Å². The second-order valence-electron chi connectivity index (χ2n) is 17.9. The van der Waals surface area contributed by atoms with Crippen molar-refractivity contribution in [3.05, 3.63) is 83.6 Å². The van der Waals surface area contributed by atoms with Crippen LogP contribution in [0.25, 0.3) is 0 Å². The number of rotatable bonds is 32. The Morgan fingerprint density at radius 1 is 0.667 bits per heavy atom. The van der Waals surface area contributed by atoms with Gasteiger partial charge in [-0.1, -0.05) is 18.2 Å². The van der Waals surface area contributed by atoms with Crippen LogP contribution in [-0.2, 0) is 94.2 Å². The van der Waals surface area contributed by atoms with Gasteiger partial charge >= 0.3 is 5.97 Å². The van der Waals surface area contributed by atoms with Gasteiger partial charge in [-0.2, -0.15) is 4.58 Å². The molecule has 0 N–H and O–H groups in total. The zero-order valence-electron chi connectivity index (χ0n) is 41.5. The molecular weight excluding hydrogens is 1070 g/mol. The minimum atomic E-state index is -4.95. The third-order valence-electron chi connectivity index (χ3n) is 12.6. The number of hydroxylamine groups is 2. The summed E-state index contributed by atoms with van der Waals surface area (Å²) in [4.78, 5) is 40.6. The second kappa shape index (κ2) is 26.5. The molecule has 1 saturated heterocycles. The lowest BCUT2D eigenvalue weighted by atomic mass is 9.76. The quantitative estimate of drug-likeness (QED) is 0.0332. The molecule has 5 rings (SSSR count). The van der Waals surface area contributed by atoms with Gasteiger partial charge in [-0.25, -0.2) is 38.5 Å². The van der Waals surface area contributed by atoms with Crippen LogP contribution in [0.5, 0.6) is 0 Å². The highest BCUT2D eigenvalue weighted by Gasteiger charge is 2.48. The predicted octanol–water partition coefficient (Wildman–Crippen LogP) is 1.99. The molecule has 2 aromatic rings. The van der Waals surface area contributed by atoms with Gasteiger partial charge in [0.05, 0.1) is 94.7 Å². The SMILES string of the molecule is COCCN1C(=CC=CC=CC2=[N+](CCOCCOCCOCCOCCC(=O)ON3C(=O)CCC3=O)c3ccc(S(=O)(=O)[O-])cc3C2(C)CCCS(=O)(=O)[O-])C(C)(CCCS(=O)(=O)[O-])c2cc(S(=O)(=O)[O-])ccc21. The molecule has 0 bridgehead atoms. The normalized spacial score (nSPS) is 19.9. The van der Waals surface area contributed by atoms with Gasteiger partial charge in [0.2, 0.25) is 5.69 Å². The maximum atomic E-state index is 12.3. The first kappa shape index (κ1) is 61.0. The Hall–Kier alpha value is -4.82. The van der Waals surface area contributed by atoms with E-state index < -0.39 is 90.4 Å². The summed E-state index contributed by atoms with van der Waals surface area (Å²) in [5.74, 6) is -3.36. The number of hydrogen-bond acceptors (Lipinski definition) is 22. The Balaban J connectivity index is 1.30. The smallest absolute Gasteiger partial charge is 0.335 e. The molecule has 3 heterocycles. The average Bonchev–Trinajstić information content (AvgIpc) is 3.85. The topological polar surface area (TPSA) is 345 Å². The van der Waals surface area contributed by atoms with E-state index in [2.05, 4.69) is 0 Å². The lowest BCUT2D eigenvalue weighted by Gasteiger charge is -2.30. The Kier molecular flexibility index (Phi) is 21.6. The van der Waals surface area contributed by atoms with Crippen LogP contribution < -0.4 is 4.90 Å². The zero-order chi connectivity index (χ0) is 55.2. The molecule has 0 aromatic heterocycles. The number of allylic oxidation sites excluding steroid dienone is 6. The monoisotopic (exact) mass is 1130 g/mol. The van der Waals surface area contributed by atoms with Crippen molar-refractivity contribution in [2.24, 2.45) is 0 Å². The van der Waals surface area contributed by atoms with Crippen molar-refractivity contribution in [3.63, 3.8) is 0 Å². The van der Waals surface area contributed by atoms with Crippen LogP contribution in [-0.4, -0.2) is 176 Å². The molecule has 0 spiro atoms. The van der Waals surface area contributed by atoms with E-state index in [9.17, 15) is 66.3 Å². The van der Waals surface area contributed by atoms with E-state index in [4.69, 9.17) is 28.5 Å². The number of carbonyl (C=O) groups excluding carboxylic acids is 3. The third-order valence-corrected chi connectivity index (χ3v) is 15.9. The van der Waals surface area contributed by atoms with E-state index in [1.54, 1.807) is 44.2 Å². The molecule has 2 aromatic carbocycles. The molecule has 28 heteroatoms. The number of hydrogen-bond donors (Lipinski definition) is 0. The van der Waals surface area contributed by atoms with Gasteiger partial charge in [0.25, 0.3) is 11.8 Å². The highest BCUT2D eigenvalue weighted by Crippen LogP contribution is 2.51. The van der Waals surface area contributed by atoms with Crippen molar-refractivity contribution in [1.29, 1.82) is 0 Å². The van der Waals surface area contributed by atoms with Crippen molar-refractivity contribution in [2.45, 2.75) is 79.4 Å². The molecule has 2 amide bonds. The van der Waals surface area contributed by atoms with Gasteiger partial charge in [-0.05, 0) is 81.5 Å². The Morgan fingerprint density at radius 3 is 1.73 bits per heavy atom. The number of imide groups is 1. The molecule has 0 aliphatic carbocycles. The van der Waals surface area contributed by atoms with Gasteiger partial charge < -0.3 is 51.6 Å². The first-order chi connectivity index (χ1) is 35.2. The zero-order valence-corrected chi connectivity index (χ0v) is 44.8. The molecule has 416 valence electrons. The summed E-state index contributed by atoms with van der Waals surface area (Å²) < 4.78 is 173. The fourth-order valence-corrected chi connectivity index (χ4v) is 11.0. The molecule has 2 unspecified atom stereocenters. The highest BCUT2D eigenvalue weighted by molar-refractivity contribution is 7.86. The number of methoxy groups -OCH3 is 1. The first-order valence-corrected chi connectivity index (χ1v) is 29.6. The number of benzene rings is 2. The van der Waals surface area contributed by atoms with E-state index in [0.29, 0.717) is 39.0 Å². The number of amides is 2. The molecule has 0 saturated carbocycles. The highest BCUT2D eigenvalue weighted by atomic mass is 32.2. The minimum absolute atomic E-state index is 0.0106. The van der Waals surface area contributed by atoms with Gasteiger partial charge in [0.1, 0.15) is 26.8 Å². The molecule has 2 atom stereocenters. The van der Waals surface area contributed by atoms with E-state index in [1.807, 2.05) is 9.48 Å². The number of carbonyl (C=O) groups is 3. The summed E-state index contributed by atoms with van der Waals surface area (Å²) in [5, 5.41) is 0.464. The van der Waals surface area contributed by atoms with Crippen LogP contribution in [0, 0.1) is 0 Å². The fraction of sp³-hybridized carbons (Fsp3) is 0.532. The number of nitrogens with zero attached hydrogens (tertiary/aromatic N) is 3. The molecule has 24 nitrogen and oxygen atoms in total. The molecule has 1 fully saturated rings. The minimum Gasteiger partial charge on any atom is -0.748 e. The predicted molar refractivity (Wildman–Crippen MR) is 262 cm³/mol. The van der Waals surface area contributed by atoms with Gasteiger partial charge in [0.15, 0.2) is 12.3 Å². The Bertz CT molecular complexity index is 2980. The molecule has 3 aliphatic heterocycles. The van der Waals surface area contributed by atoms with Crippen LogP contribution >= 0.6 is 0 Å². The third kappa shape index (κ3) is 17.1. The maximum Gasteiger partial charge on any atom is 0.335 e. The Labute approximate surface area is 436 Å². The van der Waals surface area contributed by atoms with E-state index in [-0.39, 0.29) is 117 Å². The van der Waals surface area contributed by atoms with E-state index in [1.165, 1.54) is 37.4 Å². The second-order valence-corrected chi connectivity index (χ2v) is 23.7. The van der Waals surface area contributed by atoms with Crippen molar-refractivity contribution in [1.82, 2.24) is 5.06 Å². The number of anilines is 1. The van der Waals surface area contributed by atoms with E-state index >= 15 is 0 Å². The summed E-state index contributed by atoms with van der Waals surface area (Å²) in [6.07, 6.45) is 8.01. The lowest BCUT2D eigenvalue weighted by molar-refractivity contribution is -0.442. The summed E-state index contributed by atoms with van der Waals surface area (Å²) in [7, 11) is -17.6. The molecule has 75 heavy (non-hydrogen) atoms. The van der Waals surface area contributed by atoms with Crippen LogP contribution in [0.3, 0.4) is 0 Å².